The average Bonchev–Trinajstić information content (AvgIpc) is 2.39. The van der Waals surface area contributed by atoms with Crippen molar-refractivity contribution < 1.29 is 4.79 Å². The van der Waals surface area contributed by atoms with Crippen LogP contribution < -0.4 is 11.1 Å². The molecule has 0 aromatic rings. The molecule has 0 saturated heterocycles. The van der Waals surface area contributed by atoms with Crippen LogP contribution in [0, 0.1) is 0 Å². The third-order valence-corrected chi connectivity index (χ3v) is 4.98. The first-order valence-corrected chi connectivity index (χ1v) is 8.92. The van der Waals surface area contributed by atoms with E-state index < -0.39 is 0 Å². The Balaban J connectivity index is 0.00000361. The van der Waals surface area contributed by atoms with E-state index in [4.69, 9.17) is 5.73 Å². The van der Waals surface area contributed by atoms with Gasteiger partial charge in [-0.3, -0.25) is 4.79 Å². The van der Waals surface area contributed by atoms with Gasteiger partial charge in [0.15, 0.2) is 0 Å². The summed E-state index contributed by atoms with van der Waals surface area (Å²) in [6.07, 6.45) is 9.98. The first-order chi connectivity index (χ1) is 9.26. The molecule has 3 N–H and O–H groups in total. The maximum Gasteiger partial charge on any atom is 0.220 e. The molecule has 1 aliphatic rings. The van der Waals surface area contributed by atoms with Crippen LogP contribution in [0.1, 0.15) is 64.7 Å². The Morgan fingerprint density at radius 3 is 2.70 bits per heavy atom. The quantitative estimate of drug-likeness (QED) is 0.639. The predicted molar refractivity (Wildman–Crippen MR) is 91.7 cm³/mol. The third kappa shape index (κ3) is 9.09. The normalized spacial score (nSPS) is 22.1. The van der Waals surface area contributed by atoms with E-state index in [9.17, 15) is 4.79 Å². The second-order valence-corrected chi connectivity index (χ2v) is 7.04. The summed E-state index contributed by atoms with van der Waals surface area (Å²) in [4.78, 5) is 11.9. The Bertz CT molecular complexity index is 252. The smallest absolute Gasteiger partial charge is 0.220 e. The fourth-order valence-electron chi connectivity index (χ4n) is 2.75. The molecule has 20 heavy (non-hydrogen) atoms. The Labute approximate surface area is 134 Å². The Hall–Kier alpha value is 0.0700. The van der Waals surface area contributed by atoms with Crippen LogP contribution in [0.5, 0.6) is 0 Å². The van der Waals surface area contributed by atoms with E-state index in [2.05, 4.69) is 12.2 Å². The molecule has 3 nitrogen and oxygen atoms in total. The number of thioether (sulfide) groups is 1. The van der Waals surface area contributed by atoms with Gasteiger partial charge in [0, 0.05) is 17.7 Å². The van der Waals surface area contributed by atoms with Crippen molar-refractivity contribution in [2.75, 3.05) is 12.3 Å². The molecule has 0 spiro atoms. The molecule has 1 amide bonds. The minimum atomic E-state index is 0. The minimum Gasteiger partial charge on any atom is -0.353 e. The van der Waals surface area contributed by atoms with Crippen molar-refractivity contribution in [2.45, 2.75) is 76.0 Å². The molecule has 120 valence electrons. The number of unbranched alkanes of at least 4 members (excludes halogenated alkanes) is 3. The van der Waals surface area contributed by atoms with Gasteiger partial charge < -0.3 is 11.1 Å². The predicted octanol–water partition coefficient (Wildman–Crippen LogP) is 3.50. The molecule has 0 aromatic heterocycles. The number of nitrogens with one attached hydrogen (secondary N) is 1. The summed E-state index contributed by atoms with van der Waals surface area (Å²) in [6.45, 7) is 2.99. The van der Waals surface area contributed by atoms with Gasteiger partial charge in [0.1, 0.15) is 0 Å². The maximum atomic E-state index is 11.9. The number of amides is 1. The second kappa shape index (κ2) is 12.8. The van der Waals surface area contributed by atoms with E-state index in [1.54, 1.807) is 0 Å². The molecule has 0 aliphatic heterocycles. The Morgan fingerprint density at radius 1 is 1.25 bits per heavy atom. The molecule has 5 heteroatoms. The van der Waals surface area contributed by atoms with Gasteiger partial charge >= 0.3 is 0 Å². The van der Waals surface area contributed by atoms with Crippen molar-refractivity contribution in [2.24, 2.45) is 5.73 Å². The second-order valence-electron chi connectivity index (χ2n) is 5.46. The van der Waals surface area contributed by atoms with Crippen molar-refractivity contribution in [3.05, 3.63) is 0 Å². The van der Waals surface area contributed by atoms with Crippen molar-refractivity contribution in [3.8, 4) is 0 Å². The van der Waals surface area contributed by atoms with Crippen molar-refractivity contribution in [1.82, 2.24) is 5.32 Å². The van der Waals surface area contributed by atoms with E-state index in [-0.39, 0.29) is 18.3 Å². The molecule has 0 bridgehead atoms. The topological polar surface area (TPSA) is 55.1 Å². The lowest BCUT2D eigenvalue weighted by molar-refractivity contribution is -0.122. The first kappa shape index (κ1) is 20.1. The van der Waals surface area contributed by atoms with Gasteiger partial charge in [-0.1, -0.05) is 26.2 Å². The summed E-state index contributed by atoms with van der Waals surface area (Å²) in [5, 5.41) is 3.98. The molecule has 2 atom stereocenters. The van der Waals surface area contributed by atoms with Gasteiger partial charge in [-0.25, -0.2) is 0 Å². The molecular weight excluding hydrogens is 292 g/mol. The highest BCUT2D eigenvalue weighted by Crippen LogP contribution is 2.28. The van der Waals surface area contributed by atoms with Crippen molar-refractivity contribution >= 4 is 30.1 Å². The van der Waals surface area contributed by atoms with Gasteiger partial charge in [-0.15, -0.1) is 12.4 Å². The number of carbonyl (C=O) groups is 1. The Kier molecular flexibility index (Phi) is 12.8. The summed E-state index contributed by atoms with van der Waals surface area (Å²) in [5.74, 6) is 1.44. The molecule has 0 aromatic carbocycles. The van der Waals surface area contributed by atoms with E-state index >= 15 is 0 Å². The zero-order valence-electron chi connectivity index (χ0n) is 12.7. The molecular formula is C15H31ClN2OS. The lowest BCUT2D eigenvalue weighted by Crippen LogP contribution is -2.39. The zero-order valence-corrected chi connectivity index (χ0v) is 14.4. The summed E-state index contributed by atoms with van der Waals surface area (Å²) in [6, 6.07) is 0.425. The zero-order chi connectivity index (χ0) is 13.9. The number of nitrogens with two attached hydrogens (primary N) is 1. The van der Waals surface area contributed by atoms with Crippen molar-refractivity contribution in [3.63, 3.8) is 0 Å². The number of halogens is 1. The maximum absolute atomic E-state index is 11.9. The lowest BCUT2D eigenvalue weighted by Gasteiger charge is -2.29. The molecule has 2 unspecified atom stereocenters. The first-order valence-electron chi connectivity index (χ1n) is 7.87. The SMILES string of the molecule is CCSC1CCCC(NC(=O)CCCCCCN)C1.Cl. The van der Waals surface area contributed by atoms with E-state index in [1.807, 2.05) is 11.8 Å². The van der Waals surface area contributed by atoms with Gasteiger partial charge in [-0.2, -0.15) is 11.8 Å². The third-order valence-electron chi connectivity index (χ3n) is 3.75. The summed E-state index contributed by atoms with van der Waals surface area (Å²) < 4.78 is 0. The molecule has 1 aliphatic carbocycles. The fraction of sp³-hybridized carbons (Fsp3) is 0.933. The van der Waals surface area contributed by atoms with Crippen LogP contribution in [0.2, 0.25) is 0 Å². The molecule has 0 heterocycles. The van der Waals surface area contributed by atoms with Crippen LogP contribution in [0.15, 0.2) is 0 Å². The van der Waals surface area contributed by atoms with Gasteiger partial charge in [0.05, 0.1) is 0 Å². The van der Waals surface area contributed by atoms with Crippen LogP contribution in [-0.4, -0.2) is 29.5 Å². The highest BCUT2D eigenvalue weighted by Gasteiger charge is 2.22. The van der Waals surface area contributed by atoms with E-state index in [0.717, 1.165) is 43.9 Å². The van der Waals surface area contributed by atoms with Gasteiger partial charge in [0.25, 0.3) is 0 Å². The van der Waals surface area contributed by atoms with E-state index in [0.29, 0.717) is 12.5 Å². The van der Waals surface area contributed by atoms with Crippen LogP contribution in [0.4, 0.5) is 0 Å². The molecule has 0 radical (unpaired) electrons. The largest absolute Gasteiger partial charge is 0.353 e. The average molecular weight is 323 g/mol. The molecule has 1 saturated carbocycles. The Morgan fingerprint density at radius 2 is 2.00 bits per heavy atom. The lowest BCUT2D eigenvalue weighted by atomic mass is 9.95. The summed E-state index contributed by atoms with van der Waals surface area (Å²) in [7, 11) is 0. The minimum absolute atomic E-state index is 0. The highest BCUT2D eigenvalue weighted by atomic mass is 35.5. The molecule has 1 rings (SSSR count). The number of carbonyl (C=O) groups excluding carboxylic acids is 1. The van der Waals surface area contributed by atoms with Crippen LogP contribution in [0.25, 0.3) is 0 Å². The highest BCUT2D eigenvalue weighted by molar-refractivity contribution is 7.99. The van der Waals surface area contributed by atoms with Crippen LogP contribution in [-0.2, 0) is 4.79 Å². The summed E-state index contributed by atoms with van der Waals surface area (Å²) in [5.41, 5.74) is 5.45. The number of hydrogen-bond acceptors (Lipinski definition) is 3. The van der Waals surface area contributed by atoms with Gasteiger partial charge in [0.2, 0.25) is 5.91 Å². The standard InChI is InChI=1S/C15H30N2OS.ClH/c1-2-19-14-9-7-8-13(12-14)17-15(18)10-5-3-4-6-11-16;/h13-14H,2-12,16H2,1H3,(H,17,18);1H. The fourth-order valence-corrected chi connectivity index (χ4v) is 3.92. The van der Waals surface area contributed by atoms with Crippen LogP contribution in [0.3, 0.4) is 0 Å². The van der Waals surface area contributed by atoms with Crippen molar-refractivity contribution in [1.29, 1.82) is 0 Å². The van der Waals surface area contributed by atoms with E-state index in [1.165, 1.54) is 25.0 Å². The van der Waals surface area contributed by atoms with Gasteiger partial charge in [-0.05, 0) is 44.4 Å². The number of rotatable bonds is 9. The number of hydrogen-bond donors (Lipinski definition) is 2. The monoisotopic (exact) mass is 322 g/mol. The summed E-state index contributed by atoms with van der Waals surface area (Å²) >= 11 is 2.05. The van der Waals surface area contributed by atoms with Crippen LogP contribution >= 0.6 is 24.2 Å². The molecule has 1 fully saturated rings.